The van der Waals surface area contributed by atoms with E-state index >= 15 is 0 Å². The summed E-state index contributed by atoms with van der Waals surface area (Å²) in [6.07, 6.45) is -4.98. The van der Waals surface area contributed by atoms with E-state index in [4.69, 9.17) is 9.47 Å². The summed E-state index contributed by atoms with van der Waals surface area (Å²) in [5.41, 5.74) is -11.0. The zero-order valence-electron chi connectivity index (χ0n) is 18.1. The molecule has 0 spiro atoms. The van der Waals surface area contributed by atoms with Crippen molar-refractivity contribution in [2.45, 2.75) is 36.4 Å². The van der Waals surface area contributed by atoms with E-state index in [1.54, 1.807) is 36.4 Å². The monoisotopic (exact) mass is 566 g/mol. The number of hydrogen-bond donors (Lipinski definition) is 0. The molecule has 0 bridgehead atoms. The van der Waals surface area contributed by atoms with Crippen molar-refractivity contribution in [2.24, 2.45) is 0 Å². The largest absolute Gasteiger partial charge is 0.523 e. The molecule has 0 aliphatic rings. The van der Waals surface area contributed by atoms with Gasteiger partial charge in [-0.25, -0.2) is 0 Å². The van der Waals surface area contributed by atoms with E-state index < -0.39 is 56.7 Å². The van der Waals surface area contributed by atoms with Crippen LogP contribution in [0.5, 0.6) is 0 Å². The van der Waals surface area contributed by atoms with Gasteiger partial charge in [-0.2, -0.15) is 43.2 Å². The molecule has 0 fully saturated rings. The summed E-state index contributed by atoms with van der Waals surface area (Å²) >= 11 is 0. The molecular formula is C20H20F6O8S2. The summed E-state index contributed by atoms with van der Waals surface area (Å²) in [5.74, 6) is 0. The molecule has 0 saturated carbocycles. The zero-order valence-corrected chi connectivity index (χ0v) is 19.7. The highest BCUT2D eigenvalue weighted by molar-refractivity contribution is 7.88. The summed E-state index contributed by atoms with van der Waals surface area (Å²) < 4.78 is 142. The van der Waals surface area contributed by atoms with Crippen LogP contribution >= 0.6 is 0 Å². The summed E-state index contributed by atoms with van der Waals surface area (Å²) in [6.45, 7) is -2.85. The predicted octanol–water partition coefficient (Wildman–Crippen LogP) is 3.89. The molecule has 8 nitrogen and oxygen atoms in total. The molecule has 16 heteroatoms. The first kappa shape index (κ1) is 30.0. The van der Waals surface area contributed by atoms with Crippen molar-refractivity contribution in [3.05, 3.63) is 71.8 Å². The third kappa shape index (κ3) is 9.01. The van der Waals surface area contributed by atoms with Gasteiger partial charge in [-0.3, -0.25) is 8.37 Å². The van der Waals surface area contributed by atoms with Crippen molar-refractivity contribution in [3.8, 4) is 0 Å². The Bertz CT molecular complexity index is 1060. The lowest BCUT2D eigenvalue weighted by atomic mass is 10.2. The van der Waals surface area contributed by atoms with Gasteiger partial charge in [0.1, 0.15) is 12.2 Å². The van der Waals surface area contributed by atoms with Crippen molar-refractivity contribution < 1.29 is 61.0 Å². The van der Waals surface area contributed by atoms with Gasteiger partial charge in [0.15, 0.2) is 0 Å². The first-order chi connectivity index (χ1) is 16.6. The molecule has 0 unspecified atom stereocenters. The third-order valence-corrected chi connectivity index (χ3v) is 6.40. The minimum Gasteiger partial charge on any atom is -0.374 e. The molecule has 36 heavy (non-hydrogen) atoms. The molecule has 2 atom stereocenters. The van der Waals surface area contributed by atoms with Crippen molar-refractivity contribution in [3.63, 3.8) is 0 Å². The summed E-state index contributed by atoms with van der Waals surface area (Å²) in [7, 11) is -12.8. The fourth-order valence-corrected chi connectivity index (χ4v) is 3.79. The fourth-order valence-electron chi connectivity index (χ4n) is 2.56. The number of rotatable bonds is 13. The van der Waals surface area contributed by atoms with Crippen LogP contribution < -0.4 is 0 Å². The van der Waals surface area contributed by atoms with Gasteiger partial charge in [-0.1, -0.05) is 60.7 Å². The van der Waals surface area contributed by atoms with E-state index in [-0.39, 0.29) is 13.2 Å². The molecular weight excluding hydrogens is 546 g/mol. The first-order valence-corrected chi connectivity index (χ1v) is 12.7. The molecule has 0 aliphatic carbocycles. The quantitative estimate of drug-likeness (QED) is 0.204. The lowest BCUT2D eigenvalue weighted by molar-refractivity contribution is -0.0918. The maximum absolute atomic E-state index is 12.9. The highest BCUT2D eigenvalue weighted by atomic mass is 32.2. The second-order valence-electron chi connectivity index (χ2n) is 7.07. The maximum atomic E-state index is 12.9. The Morgan fingerprint density at radius 1 is 0.583 bits per heavy atom. The van der Waals surface area contributed by atoms with E-state index in [0.29, 0.717) is 11.1 Å². The van der Waals surface area contributed by atoms with E-state index in [1.807, 2.05) is 0 Å². The fraction of sp³-hybridized carbons (Fsp3) is 0.400. The average molecular weight is 566 g/mol. The standard InChI is InChI=1S/C20H20F6O8S2/c21-19(22,23)35(27,28)33-17(13-31-11-15-7-3-1-4-8-15)18(34-36(29,30)20(24,25)26)14-32-12-16-9-5-2-6-10-16/h1-10,17-18H,11-14H2/t17-,18-/m1/s1. The van der Waals surface area contributed by atoms with E-state index in [0.717, 1.165) is 0 Å². The number of ether oxygens (including phenoxy) is 2. The molecule has 2 rings (SSSR count). The predicted molar refractivity (Wildman–Crippen MR) is 112 cm³/mol. The molecule has 2 aromatic carbocycles. The van der Waals surface area contributed by atoms with Crippen LogP contribution in [-0.2, 0) is 51.3 Å². The van der Waals surface area contributed by atoms with Crippen molar-refractivity contribution in [1.82, 2.24) is 0 Å². The Morgan fingerprint density at radius 2 is 0.889 bits per heavy atom. The highest BCUT2D eigenvalue weighted by Gasteiger charge is 2.53. The van der Waals surface area contributed by atoms with Crippen molar-refractivity contribution in [1.29, 1.82) is 0 Å². The molecule has 0 saturated heterocycles. The lowest BCUT2D eigenvalue weighted by Crippen LogP contribution is -2.45. The lowest BCUT2D eigenvalue weighted by Gasteiger charge is -2.27. The van der Waals surface area contributed by atoms with E-state index in [9.17, 15) is 43.2 Å². The molecule has 0 heterocycles. The van der Waals surface area contributed by atoms with Gasteiger partial charge in [0.05, 0.1) is 26.4 Å². The van der Waals surface area contributed by atoms with Crippen molar-refractivity contribution >= 4 is 20.2 Å². The van der Waals surface area contributed by atoms with Crippen LogP contribution in [0.25, 0.3) is 0 Å². The first-order valence-electron chi connectivity index (χ1n) is 9.85. The van der Waals surface area contributed by atoms with Crippen LogP contribution in [-0.4, -0.2) is 53.3 Å². The zero-order chi connectivity index (χ0) is 27.0. The Hall–Kier alpha value is -2.24. The Labute approximate surface area is 203 Å². The minimum atomic E-state index is -6.40. The van der Waals surface area contributed by atoms with Crippen LogP contribution in [0.15, 0.2) is 60.7 Å². The number of alkyl halides is 6. The van der Waals surface area contributed by atoms with Crippen LogP contribution in [0.1, 0.15) is 11.1 Å². The summed E-state index contributed by atoms with van der Waals surface area (Å²) in [6, 6.07) is 15.8. The molecule has 0 N–H and O–H groups in total. The Morgan fingerprint density at radius 3 is 1.17 bits per heavy atom. The van der Waals surface area contributed by atoms with Gasteiger partial charge < -0.3 is 9.47 Å². The number of halogens is 6. The van der Waals surface area contributed by atoms with Gasteiger partial charge in [0.2, 0.25) is 0 Å². The van der Waals surface area contributed by atoms with Gasteiger partial charge in [-0.05, 0) is 11.1 Å². The normalized spacial score (nSPS) is 14.9. The average Bonchev–Trinajstić information content (AvgIpc) is 2.77. The maximum Gasteiger partial charge on any atom is 0.523 e. The third-order valence-electron chi connectivity index (χ3n) is 4.27. The highest BCUT2D eigenvalue weighted by Crippen LogP contribution is 2.30. The molecule has 0 aromatic heterocycles. The second kappa shape index (κ2) is 12.3. The van der Waals surface area contributed by atoms with Gasteiger partial charge in [0.25, 0.3) is 0 Å². The van der Waals surface area contributed by atoms with Crippen LogP contribution in [0.2, 0.25) is 0 Å². The topological polar surface area (TPSA) is 105 Å². The smallest absolute Gasteiger partial charge is 0.374 e. The van der Waals surface area contributed by atoms with Gasteiger partial charge >= 0.3 is 31.3 Å². The molecule has 2 aromatic rings. The van der Waals surface area contributed by atoms with Crippen molar-refractivity contribution in [2.75, 3.05) is 13.2 Å². The molecule has 0 aliphatic heterocycles. The molecule has 0 radical (unpaired) electrons. The van der Waals surface area contributed by atoms with E-state index in [2.05, 4.69) is 8.37 Å². The number of benzene rings is 2. The van der Waals surface area contributed by atoms with E-state index in [1.165, 1.54) is 24.3 Å². The number of hydrogen-bond acceptors (Lipinski definition) is 8. The molecule has 0 amide bonds. The minimum absolute atomic E-state index is 0.323. The summed E-state index contributed by atoms with van der Waals surface area (Å²) in [5, 5.41) is 0. The van der Waals surface area contributed by atoms with Gasteiger partial charge in [0, 0.05) is 0 Å². The molecule has 202 valence electrons. The van der Waals surface area contributed by atoms with Crippen LogP contribution in [0.4, 0.5) is 26.3 Å². The van der Waals surface area contributed by atoms with Crippen LogP contribution in [0.3, 0.4) is 0 Å². The Kier molecular flexibility index (Phi) is 10.3. The second-order valence-corrected chi connectivity index (χ2v) is 10.2. The summed E-state index contributed by atoms with van der Waals surface area (Å²) in [4.78, 5) is 0. The van der Waals surface area contributed by atoms with Crippen LogP contribution in [0, 0.1) is 0 Å². The Balaban J connectivity index is 2.30. The van der Waals surface area contributed by atoms with Gasteiger partial charge in [-0.15, -0.1) is 0 Å². The SMILES string of the molecule is O=S(=O)(O[C@H](COCc1ccccc1)[C@@H](COCc1ccccc1)OS(=O)(=O)C(F)(F)F)C(F)(F)F.